The van der Waals surface area contributed by atoms with Crippen LogP contribution in [-0.4, -0.2) is 229 Å². The number of nitrogens with zero attached hydrogens (tertiary/aromatic N) is 5. The third-order valence-corrected chi connectivity index (χ3v) is 16.2. The van der Waals surface area contributed by atoms with E-state index in [1.165, 1.54) is 12.1 Å². The highest BCUT2D eigenvalue weighted by Crippen LogP contribution is 2.27. The van der Waals surface area contributed by atoms with Crippen LogP contribution in [-0.2, 0) is 51.3 Å². The van der Waals surface area contributed by atoms with E-state index in [4.69, 9.17) is 11.5 Å². The maximum absolute atomic E-state index is 14.4. The highest BCUT2D eigenvalue weighted by molar-refractivity contribution is 5.93. The Morgan fingerprint density at radius 2 is 1.04 bits per heavy atom. The van der Waals surface area contributed by atoms with Crippen LogP contribution in [0, 0.1) is 0 Å². The summed E-state index contributed by atoms with van der Waals surface area (Å²) in [4.78, 5) is 127. The molecule has 6 amide bonds. The lowest BCUT2D eigenvalue weighted by atomic mass is 9.90. The van der Waals surface area contributed by atoms with Crippen molar-refractivity contribution in [3.05, 3.63) is 156 Å². The van der Waals surface area contributed by atoms with E-state index < -0.39 is 71.9 Å². The Hall–Kier alpha value is -9.84. The van der Waals surface area contributed by atoms with Gasteiger partial charge in [-0.3, -0.25) is 58.5 Å². The molecule has 16 N–H and O–H groups in total. The number of carboxylic acids is 3. The van der Waals surface area contributed by atoms with Gasteiger partial charge in [0.25, 0.3) is 0 Å². The summed E-state index contributed by atoms with van der Waals surface area (Å²) in [6, 6.07) is 36.9. The van der Waals surface area contributed by atoms with Crippen LogP contribution in [0.3, 0.4) is 0 Å². The smallest absolute Gasteiger partial charge is 0.344 e. The van der Waals surface area contributed by atoms with Crippen molar-refractivity contribution < 1.29 is 63.6 Å². The van der Waals surface area contributed by atoms with Gasteiger partial charge in [-0.15, -0.1) is 0 Å². The molecule has 1 aliphatic heterocycles. The van der Waals surface area contributed by atoms with Crippen LogP contribution < -0.4 is 54.0 Å². The summed E-state index contributed by atoms with van der Waals surface area (Å²) in [7, 11) is 0. The normalized spacial score (nSPS) is 15.3. The maximum atomic E-state index is 14.4. The van der Waals surface area contributed by atoms with Gasteiger partial charge in [0, 0.05) is 97.3 Å². The van der Waals surface area contributed by atoms with Crippen molar-refractivity contribution in [2.45, 2.75) is 82.2 Å². The van der Waals surface area contributed by atoms with Crippen LogP contribution in [0.25, 0.3) is 11.1 Å². The molecule has 28 heteroatoms. The molecule has 28 nitrogen and oxygen atoms in total. The molecule has 5 aromatic rings. The molecule has 0 bridgehead atoms. The van der Waals surface area contributed by atoms with E-state index in [0.29, 0.717) is 56.3 Å². The van der Waals surface area contributed by atoms with Crippen molar-refractivity contribution in [3.63, 3.8) is 0 Å². The Labute approximate surface area is 565 Å². The van der Waals surface area contributed by atoms with Gasteiger partial charge in [0.15, 0.2) is 12.2 Å². The lowest BCUT2D eigenvalue weighted by Gasteiger charge is -2.36. The van der Waals surface area contributed by atoms with Crippen LogP contribution in [0.5, 0.6) is 5.75 Å². The second-order valence-corrected chi connectivity index (χ2v) is 23.5. The molecule has 0 spiro atoms. The fourth-order valence-corrected chi connectivity index (χ4v) is 10.9. The van der Waals surface area contributed by atoms with Gasteiger partial charge in [-0.2, -0.15) is 4.99 Å². The number of hydrogen-bond acceptors (Lipinski definition) is 17. The number of amides is 6. The number of urea groups is 1. The third-order valence-electron chi connectivity index (χ3n) is 16.2. The molecule has 1 saturated heterocycles. The first kappa shape index (κ1) is 76.2. The van der Waals surface area contributed by atoms with E-state index >= 15 is 0 Å². The van der Waals surface area contributed by atoms with Gasteiger partial charge in [0.1, 0.15) is 18.0 Å². The number of carboxylic acid groups (broad SMARTS) is 3. The van der Waals surface area contributed by atoms with Crippen LogP contribution in [0.15, 0.2) is 138 Å². The number of aliphatic carboxylic acids is 3. The number of aliphatic imine (C=N–C) groups is 1. The number of rotatable bonds is 36. The molecule has 1 unspecified atom stereocenters. The van der Waals surface area contributed by atoms with E-state index in [0.717, 1.165) is 27.9 Å². The lowest BCUT2D eigenvalue weighted by molar-refractivity contribution is -0.140. The number of nitrogens with one attached hydrogen (secondary N) is 8. The molecule has 0 radical (unpaired) electrons. The number of hydrogen-bond donors (Lipinski definition) is 14. The lowest BCUT2D eigenvalue weighted by Crippen LogP contribution is -2.58. The zero-order valence-electron chi connectivity index (χ0n) is 54.8. The highest BCUT2D eigenvalue weighted by Gasteiger charge is 2.31. The number of carbonyl (C=O) groups is 9. The molecule has 97 heavy (non-hydrogen) atoms. The van der Waals surface area contributed by atoms with Crippen molar-refractivity contribution >= 4 is 65.5 Å². The molecule has 522 valence electrons. The van der Waals surface area contributed by atoms with E-state index in [1.54, 1.807) is 38.7 Å². The van der Waals surface area contributed by atoms with Gasteiger partial charge in [-0.25, -0.2) is 4.79 Å². The number of nitrogens with two attached hydrogens (primary N) is 2. The van der Waals surface area contributed by atoms with Crippen molar-refractivity contribution in [2.75, 3.05) is 110 Å². The van der Waals surface area contributed by atoms with E-state index in [9.17, 15) is 63.6 Å². The van der Waals surface area contributed by atoms with Crippen LogP contribution in [0.2, 0.25) is 0 Å². The first-order valence-electron chi connectivity index (χ1n) is 32.6. The zero-order chi connectivity index (χ0) is 69.9. The van der Waals surface area contributed by atoms with E-state index in [2.05, 4.69) is 47.5 Å². The quantitative estimate of drug-likeness (QED) is 0.0118. The van der Waals surface area contributed by atoms with Gasteiger partial charge in [-0.1, -0.05) is 109 Å². The number of aromatic hydroxyl groups is 1. The predicted octanol–water partition coefficient (Wildman–Crippen LogP) is 1.75. The van der Waals surface area contributed by atoms with Crippen molar-refractivity contribution in [2.24, 2.45) is 16.5 Å². The topological polar surface area (TPSA) is 408 Å². The van der Waals surface area contributed by atoms with Crippen molar-refractivity contribution in [3.8, 4) is 16.9 Å². The van der Waals surface area contributed by atoms with Crippen LogP contribution in [0.1, 0.15) is 67.2 Å². The molecular weight excluding hydrogens is 1250 g/mol. The summed E-state index contributed by atoms with van der Waals surface area (Å²) in [5.74, 6) is -5.74. The van der Waals surface area contributed by atoms with E-state index in [-0.39, 0.29) is 129 Å². The second-order valence-electron chi connectivity index (χ2n) is 23.5. The summed E-state index contributed by atoms with van der Waals surface area (Å²) < 4.78 is 0. The SMILES string of the molecule is CCNC(=O)/N=C(/N)NCCC[C@@H](NC(=O)[C@@H](c1ccccc1)c1ccc(NCCCNC(=O)[C@H](N)CCCNC(=O)[C@@H](Cc2ccc(-c3ccccc3)cc2)NC(C=O)N2CCN(CC(=O)O)CCN(CC(=O)O)CCN(CC(=O)O)CC2)cc1)C(=O)NCc1ccc(O)cc1. The summed E-state index contributed by atoms with van der Waals surface area (Å²) in [6.45, 7) is 3.72. The van der Waals surface area contributed by atoms with Gasteiger partial charge in [-0.05, 0) is 103 Å². The minimum Gasteiger partial charge on any atom is -0.508 e. The first-order valence-corrected chi connectivity index (χ1v) is 32.6. The number of carbonyl (C=O) groups excluding carboxylic acids is 6. The summed E-state index contributed by atoms with van der Waals surface area (Å²) in [6.07, 6.45) is 1.38. The number of anilines is 1. The fraction of sp³-hybridized carbons (Fsp3) is 0.420. The fourth-order valence-electron chi connectivity index (χ4n) is 10.9. The molecule has 0 aliphatic carbocycles. The molecule has 5 aromatic carbocycles. The number of phenolic OH excluding ortho intramolecular Hbond substituents is 1. The summed E-state index contributed by atoms with van der Waals surface area (Å²) >= 11 is 0. The molecule has 6 rings (SSSR count). The molecule has 0 saturated carbocycles. The first-order chi connectivity index (χ1) is 46.8. The molecule has 0 aromatic heterocycles. The zero-order valence-corrected chi connectivity index (χ0v) is 54.8. The molecule has 1 aliphatic rings. The Morgan fingerprint density at radius 3 is 1.62 bits per heavy atom. The van der Waals surface area contributed by atoms with Crippen LogP contribution in [0.4, 0.5) is 10.5 Å². The van der Waals surface area contributed by atoms with Gasteiger partial charge >= 0.3 is 23.9 Å². The molecule has 5 atom stereocenters. The number of aldehydes is 1. The minimum atomic E-state index is -1.10. The standard InChI is InChI=1S/C69H93N15O13/c1-2-72-69(97)80-68(71)76-31-10-17-57(65(94)77-43-49-20-28-55(86)29-21-49)79-67(96)63(52-14-7-4-8-15-52)53-24-26-54(27-25-53)73-32-11-33-74-64(93)56(70)16-9-30-75-66(95)58(42-48-18-22-51(23-19-48)50-12-5-3-6-13-50)78-59(47-85)84-40-38-82(45-61(89)90)36-34-81(44-60(87)88)35-37-83(39-41-84)46-62(91)92/h3-8,12-15,18-29,47,56-59,63,73,78,86H,2,9-11,16-17,30-46,70H2,1H3,(H,74,93)(H,75,95)(H,77,94)(H,79,96)(H,87,88)(H,89,90)(H,91,92)(H4,71,72,76,80,97)/t56-,57-,58-,59?,63+/m1/s1. The average molecular weight is 1340 g/mol. The average Bonchev–Trinajstić information content (AvgIpc) is 0.854. The Morgan fingerprint density at radius 1 is 0.536 bits per heavy atom. The summed E-state index contributed by atoms with van der Waals surface area (Å²) in [5.41, 5.74) is 17.8. The Bertz CT molecular complexity index is 3300. The molecular formula is C69H93N15O13. The number of benzene rings is 5. The van der Waals surface area contributed by atoms with Gasteiger partial charge < -0.3 is 73.9 Å². The van der Waals surface area contributed by atoms with Gasteiger partial charge in [0.05, 0.1) is 37.6 Å². The molecule has 1 heterocycles. The maximum Gasteiger partial charge on any atom is 0.344 e. The van der Waals surface area contributed by atoms with Crippen molar-refractivity contribution in [1.29, 1.82) is 0 Å². The Kier molecular flexibility index (Phi) is 32.4. The third kappa shape index (κ3) is 27.8. The van der Waals surface area contributed by atoms with E-state index in [1.807, 2.05) is 109 Å². The van der Waals surface area contributed by atoms with Gasteiger partial charge in [0.2, 0.25) is 23.6 Å². The number of phenols is 1. The Balaban J connectivity index is 1.02. The molecule has 1 fully saturated rings. The highest BCUT2D eigenvalue weighted by atomic mass is 16.4. The second kappa shape index (κ2) is 41.2. The van der Waals surface area contributed by atoms with Crippen LogP contribution >= 0.6 is 0 Å². The minimum absolute atomic E-state index is 0.0826. The predicted molar refractivity (Wildman–Crippen MR) is 367 cm³/mol. The number of guanidine groups is 1. The summed E-state index contributed by atoms with van der Waals surface area (Å²) in [5, 5.41) is 62.6. The largest absolute Gasteiger partial charge is 0.508 e. The van der Waals surface area contributed by atoms with Crippen molar-refractivity contribution in [1.82, 2.24) is 56.8 Å². The monoisotopic (exact) mass is 1340 g/mol.